The minimum atomic E-state index is 0.00442. The van der Waals surface area contributed by atoms with E-state index in [1.165, 1.54) is 16.3 Å². The molecule has 0 aromatic heterocycles. The fourth-order valence-electron chi connectivity index (χ4n) is 2.85. The summed E-state index contributed by atoms with van der Waals surface area (Å²) in [5.41, 5.74) is 2.17. The molecule has 1 N–H and O–H groups in total. The molecule has 3 aromatic carbocycles. The quantitative estimate of drug-likeness (QED) is 0.679. The van der Waals surface area contributed by atoms with Crippen LogP contribution in [0.1, 0.15) is 11.7 Å². The molecular formula is C18H14ClNO. The maximum absolute atomic E-state index is 6.16. The van der Waals surface area contributed by atoms with Gasteiger partial charge >= 0.3 is 0 Å². The first-order valence-electron chi connectivity index (χ1n) is 6.99. The average Bonchev–Trinajstić information content (AvgIpc) is 2.54. The van der Waals surface area contributed by atoms with Gasteiger partial charge in [-0.1, -0.05) is 54.1 Å². The fraction of sp³-hybridized carbons (Fsp3) is 0.111. The van der Waals surface area contributed by atoms with Gasteiger partial charge < -0.3 is 10.1 Å². The molecule has 21 heavy (non-hydrogen) atoms. The maximum Gasteiger partial charge on any atom is 0.143 e. The van der Waals surface area contributed by atoms with Crippen molar-refractivity contribution in [1.29, 1.82) is 0 Å². The van der Waals surface area contributed by atoms with Crippen LogP contribution in [0.15, 0.2) is 60.7 Å². The minimum absolute atomic E-state index is 0.00442. The zero-order valence-electron chi connectivity index (χ0n) is 11.3. The molecule has 0 aliphatic carbocycles. The summed E-state index contributed by atoms with van der Waals surface area (Å²) in [6.45, 7) is 0.737. The van der Waals surface area contributed by atoms with Crippen molar-refractivity contribution < 1.29 is 4.74 Å². The summed E-state index contributed by atoms with van der Waals surface area (Å²) in [5, 5.41) is 6.60. The lowest BCUT2D eigenvalue weighted by atomic mass is 9.99. The van der Waals surface area contributed by atoms with Crippen molar-refractivity contribution in [2.45, 2.75) is 6.10 Å². The molecule has 1 aliphatic rings. The Balaban J connectivity index is 1.76. The monoisotopic (exact) mass is 295 g/mol. The van der Waals surface area contributed by atoms with Crippen molar-refractivity contribution in [3.63, 3.8) is 0 Å². The van der Waals surface area contributed by atoms with Crippen LogP contribution < -0.4 is 10.1 Å². The van der Waals surface area contributed by atoms with Crippen LogP contribution in [0.4, 0.5) is 5.69 Å². The van der Waals surface area contributed by atoms with Crippen LogP contribution >= 0.6 is 11.6 Å². The first-order valence-corrected chi connectivity index (χ1v) is 7.37. The molecule has 1 aliphatic heterocycles. The Kier molecular flexibility index (Phi) is 2.97. The Morgan fingerprint density at radius 2 is 1.86 bits per heavy atom. The molecule has 2 nitrogen and oxygen atoms in total. The molecule has 1 unspecified atom stereocenters. The fourth-order valence-corrected chi connectivity index (χ4v) is 3.02. The number of hydrogen-bond acceptors (Lipinski definition) is 2. The second-order valence-electron chi connectivity index (χ2n) is 5.20. The van der Waals surface area contributed by atoms with Gasteiger partial charge in [0.25, 0.3) is 0 Å². The van der Waals surface area contributed by atoms with E-state index in [9.17, 15) is 0 Å². The number of benzene rings is 3. The van der Waals surface area contributed by atoms with E-state index in [0.29, 0.717) is 5.02 Å². The summed E-state index contributed by atoms with van der Waals surface area (Å²) in [4.78, 5) is 0. The molecule has 1 heterocycles. The van der Waals surface area contributed by atoms with Crippen molar-refractivity contribution in [3.8, 4) is 5.75 Å². The van der Waals surface area contributed by atoms with Crippen LogP contribution in [-0.2, 0) is 0 Å². The minimum Gasteiger partial charge on any atom is -0.482 e. The number of ether oxygens (including phenoxy) is 1. The predicted octanol–water partition coefficient (Wildman–Crippen LogP) is 5.04. The Labute approximate surface area is 128 Å². The summed E-state index contributed by atoms with van der Waals surface area (Å²) in [7, 11) is 0. The molecular weight excluding hydrogens is 282 g/mol. The number of rotatable bonds is 1. The summed E-state index contributed by atoms with van der Waals surface area (Å²) in [5.74, 6) is 0.851. The lowest BCUT2D eigenvalue weighted by Crippen LogP contribution is -2.23. The van der Waals surface area contributed by atoms with Crippen molar-refractivity contribution in [1.82, 2.24) is 0 Å². The highest BCUT2D eigenvalue weighted by molar-refractivity contribution is 6.30. The molecule has 0 radical (unpaired) electrons. The molecule has 0 amide bonds. The van der Waals surface area contributed by atoms with Gasteiger partial charge in [-0.25, -0.2) is 0 Å². The van der Waals surface area contributed by atoms with Gasteiger partial charge in [-0.05, 0) is 29.0 Å². The molecule has 4 rings (SSSR count). The number of hydrogen-bond donors (Lipinski definition) is 1. The van der Waals surface area contributed by atoms with Gasteiger partial charge in [0.15, 0.2) is 0 Å². The summed E-state index contributed by atoms with van der Waals surface area (Å²) < 4.78 is 6.16. The van der Waals surface area contributed by atoms with Crippen LogP contribution in [0.25, 0.3) is 10.8 Å². The summed E-state index contributed by atoms with van der Waals surface area (Å²) in [6, 6.07) is 20.4. The number of fused-ring (bicyclic) bond motifs is 2. The molecule has 0 fully saturated rings. The van der Waals surface area contributed by atoms with Gasteiger partial charge in [-0.2, -0.15) is 0 Å². The topological polar surface area (TPSA) is 21.3 Å². The van der Waals surface area contributed by atoms with Gasteiger partial charge in [-0.15, -0.1) is 0 Å². The van der Waals surface area contributed by atoms with Gasteiger partial charge in [-0.3, -0.25) is 0 Å². The van der Waals surface area contributed by atoms with E-state index in [1.54, 1.807) is 0 Å². The first-order chi connectivity index (χ1) is 10.3. The number of nitrogens with one attached hydrogen (secondary N) is 1. The van der Waals surface area contributed by atoms with Crippen LogP contribution in [-0.4, -0.2) is 6.54 Å². The second-order valence-corrected chi connectivity index (χ2v) is 5.63. The molecule has 3 aromatic rings. The Hall–Kier alpha value is -2.19. The van der Waals surface area contributed by atoms with Crippen LogP contribution in [0.2, 0.25) is 5.02 Å². The third-order valence-corrected chi connectivity index (χ3v) is 4.09. The van der Waals surface area contributed by atoms with E-state index >= 15 is 0 Å². The zero-order chi connectivity index (χ0) is 14.2. The summed E-state index contributed by atoms with van der Waals surface area (Å²) in [6.07, 6.45) is 0.00442. The van der Waals surface area contributed by atoms with Crippen LogP contribution in [0, 0.1) is 0 Å². The smallest absolute Gasteiger partial charge is 0.143 e. The van der Waals surface area contributed by atoms with Gasteiger partial charge in [0.05, 0.1) is 12.2 Å². The van der Waals surface area contributed by atoms with E-state index in [1.807, 2.05) is 18.2 Å². The van der Waals surface area contributed by atoms with Crippen molar-refractivity contribution in [2.24, 2.45) is 0 Å². The largest absolute Gasteiger partial charge is 0.482 e. The van der Waals surface area contributed by atoms with Gasteiger partial charge in [0, 0.05) is 10.6 Å². The Morgan fingerprint density at radius 1 is 1.00 bits per heavy atom. The first kappa shape index (κ1) is 12.5. The SMILES string of the molecule is Clc1ccc2c(c1)NCC(c1cccc3ccccc13)O2. The predicted molar refractivity (Wildman–Crippen MR) is 87.3 cm³/mol. The van der Waals surface area contributed by atoms with E-state index in [0.717, 1.165) is 18.0 Å². The van der Waals surface area contributed by atoms with Crippen molar-refractivity contribution in [3.05, 3.63) is 71.2 Å². The van der Waals surface area contributed by atoms with E-state index < -0.39 is 0 Å². The standard InChI is InChI=1S/C18H14ClNO/c19-13-8-9-17-16(10-13)20-11-18(21-17)15-7-3-5-12-4-1-2-6-14(12)15/h1-10,18,20H,11H2. The Bertz CT molecular complexity index is 810. The third kappa shape index (κ3) is 2.22. The van der Waals surface area contributed by atoms with Gasteiger partial charge in [0.1, 0.15) is 11.9 Å². The summed E-state index contributed by atoms with van der Waals surface area (Å²) >= 11 is 6.01. The molecule has 3 heteroatoms. The number of halogens is 1. The lowest BCUT2D eigenvalue weighted by Gasteiger charge is -2.28. The normalized spacial score (nSPS) is 16.9. The van der Waals surface area contributed by atoms with Gasteiger partial charge in [0.2, 0.25) is 0 Å². The molecule has 104 valence electrons. The highest BCUT2D eigenvalue weighted by Gasteiger charge is 2.22. The number of anilines is 1. The Morgan fingerprint density at radius 3 is 2.81 bits per heavy atom. The van der Waals surface area contributed by atoms with E-state index in [4.69, 9.17) is 16.3 Å². The molecule has 0 spiro atoms. The van der Waals surface area contributed by atoms with E-state index in [2.05, 4.69) is 47.8 Å². The highest BCUT2D eigenvalue weighted by Crippen LogP contribution is 2.37. The maximum atomic E-state index is 6.16. The second kappa shape index (κ2) is 4.97. The molecule has 0 saturated heterocycles. The lowest BCUT2D eigenvalue weighted by molar-refractivity contribution is 0.212. The zero-order valence-corrected chi connectivity index (χ0v) is 12.1. The highest BCUT2D eigenvalue weighted by atomic mass is 35.5. The van der Waals surface area contributed by atoms with Crippen molar-refractivity contribution >= 4 is 28.1 Å². The average molecular weight is 296 g/mol. The van der Waals surface area contributed by atoms with Crippen LogP contribution in [0.5, 0.6) is 5.75 Å². The molecule has 0 bridgehead atoms. The molecule has 0 saturated carbocycles. The van der Waals surface area contributed by atoms with Crippen molar-refractivity contribution in [2.75, 3.05) is 11.9 Å². The molecule has 1 atom stereocenters. The third-order valence-electron chi connectivity index (χ3n) is 3.86. The van der Waals surface area contributed by atoms with E-state index in [-0.39, 0.29) is 6.10 Å². The van der Waals surface area contributed by atoms with Crippen LogP contribution in [0.3, 0.4) is 0 Å².